The van der Waals surface area contributed by atoms with Crippen LogP contribution in [0.1, 0.15) is 22.8 Å². The molecule has 0 aliphatic carbocycles. The molecule has 1 heterocycles. The molecule has 3 aromatic carbocycles. The van der Waals surface area contributed by atoms with Gasteiger partial charge >= 0.3 is 0 Å². The standard InChI is InChI=1S/C28H25ClN4O3S/c1-3-15-36-25-14-5-19(16-26(25)35-4-2)17-30-33-27(34)21-8-6-20(7-9-21)24-18-37-28(32-24)31-23-12-10-22(29)11-13-23/h3,5-14,16-18H,1,4,15H2,2H3,(H,31,32)(H,33,34). The molecule has 0 saturated heterocycles. The molecule has 1 amide bonds. The minimum atomic E-state index is -0.317. The van der Waals surface area contributed by atoms with E-state index >= 15 is 0 Å². The van der Waals surface area contributed by atoms with Gasteiger partial charge in [0.05, 0.1) is 18.5 Å². The number of nitrogens with zero attached hydrogens (tertiary/aromatic N) is 2. The average Bonchev–Trinajstić information content (AvgIpc) is 3.38. The van der Waals surface area contributed by atoms with Crippen molar-refractivity contribution in [3.8, 4) is 22.8 Å². The van der Waals surface area contributed by atoms with Gasteiger partial charge in [-0.1, -0.05) is 36.4 Å². The number of nitrogens with one attached hydrogen (secondary N) is 2. The Labute approximate surface area is 224 Å². The largest absolute Gasteiger partial charge is 0.490 e. The number of carbonyl (C=O) groups excluding carboxylic acids is 1. The van der Waals surface area contributed by atoms with Crippen molar-refractivity contribution in [3.05, 3.63) is 101 Å². The number of ether oxygens (including phenoxy) is 2. The summed E-state index contributed by atoms with van der Waals surface area (Å²) in [6.45, 7) is 6.43. The Hall–Kier alpha value is -4.14. The molecule has 9 heteroatoms. The molecule has 4 rings (SSSR count). The molecule has 0 saturated carbocycles. The van der Waals surface area contributed by atoms with Crippen molar-refractivity contribution in [1.82, 2.24) is 10.4 Å². The van der Waals surface area contributed by atoms with Crippen molar-refractivity contribution >= 4 is 45.9 Å². The van der Waals surface area contributed by atoms with Gasteiger partial charge in [-0.2, -0.15) is 5.10 Å². The van der Waals surface area contributed by atoms with Gasteiger partial charge in [0, 0.05) is 27.2 Å². The summed E-state index contributed by atoms with van der Waals surface area (Å²) >= 11 is 7.43. The summed E-state index contributed by atoms with van der Waals surface area (Å²) in [5.41, 5.74) is 6.43. The Bertz CT molecular complexity index is 1390. The lowest BCUT2D eigenvalue weighted by Gasteiger charge is -2.11. The van der Waals surface area contributed by atoms with Crippen LogP contribution in [-0.4, -0.2) is 30.3 Å². The van der Waals surface area contributed by atoms with Gasteiger partial charge in [0.2, 0.25) is 0 Å². The number of hydrazone groups is 1. The highest BCUT2D eigenvalue weighted by Crippen LogP contribution is 2.29. The molecule has 0 fully saturated rings. The molecule has 0 bridgehead atoms. The van der Waals surface area contributed by atoms with Crippen LogP contribution in [0.2, 0.25) is 5.02 Å². The molecule has 1 aromatic heterocycles. The number of halogens is 1. The van der Waals surface area contributed by atoms with Crippen LogP contribution in [0.25, 0.3) is 11.3 Å². The Morgan fingerprint density at radius 1 is 1.08 bits per heavy atom. The fraction of sp³-hybridized carbons (Fsp3) is 0.107. The van der Waals surface area contributed by atoms with Crippen LogP contribution in [0.4, 0.5) is 10.8 Å². The van der Waals surface area contributed by atoms with Crippen LogP contribution >= 0.6 is 22.9 Å². The highest BCUT2D eigenvalue weighted by molar-refractivity contribution is 7.14. The number of amides is 1. The second-order valence-electron chi connectivity index (χ2n) is 7.69. The summed E-state index contributed by atoms with van der Waals surface area (Å²) in [4.78, 5) is 17.2. The molecule has 0 spiro atoms. The van der Waals surface area contributed by atoms with Gasteiger partial charge in [0.1, 0.15) is 6.61 Å². The molecule has 0 unspecified atom stereocenters. The first kappa shape index (κ1) is 25.9. The van der Waals surface area contributed by atoms with E-state index in [1.54, 1.807) is 36.6 Å². The zero-order valence-electron chi connectivity index (χ0n) is 20.1. The van der Waals surface area contributed by atoms with Gasteiger partial charge in [-0.3, -0.25) is 4.79 Å². The monoisotopic (exact) mass is 532 g/mol. The molecular weight excluding hydrogens is 508 g/mol. The maximum absolute atomic E-state index is 12.5. The number of thiazole rings is 1. The molecule has 0 atom stereocenters. The second-order valence-corrected chi connectivity index (χ2v) is 8.98. The van der Waals surface area contributed by atoms with Crippen molar-refractivity contribution in [3.63, 3.8) is 0 Å². The summed E-state index contributed by atoms with van der Waals surface area (Å²) in [5.74, 6) is 0.905. The maximum atomic E-state index is 12.5. The van der Waals surface area contributed by atoms with E-state index in [1.807, 2.05) is 54.8 Å². The predicted octanol–water partition coefficient (Wildman–Crippen LogP) is 6.93. The van der Waals surface area contributed by atoms with E-state index in [9.17, 15) is 4.79 Å². The zero-order valence-corrected chi connectivity index (χ0v) is 21.7. The molecule has 0 aliphatic heterocycles. The smallest absolute Gasteiger partial charge is 0.271 e. The van der Waals surface area contributed by atoms with E-state index in [-0.39, 0.29) is 5.91 Å². The van der Waals surface area contributed by atoms with Crippen molar-refractivity contribution in [2.45, 2.75) is 6.92 Å². The highest BCUT2D eigenvalue weighted by Gasteiger charge is 2.09. The fourth-order valence-electron chi connectivity index (χ4n) is 3.28. The zero-order chi connectivity index (χ0) is 26.0. The van der Waals surface area contributed by atoms with E-state index in [0.717, 1.165) is 27.6 Å². The second kappa shape index (κ2) is 12.7. The van der Waals surface area contributed by atoms with Crippen molar-refractivity contribution < 1.29 is 14.3 Å². The van der Waals surface area contributed by atoms with Crippen molar-refractivity contribution in [2.75, 3.05) is 18.5 Å². The lowest BCUT2D eigenvalue weighted by molar-refractivity contribution is 0.0955. The third-order valence-corrected chi connectivity index (χ3v) is 6.06. The van der Waals surface area contributed by atoms with Crippen LogP contribution in [0, 0.1) is 0 Å². The van der Waals surface area contributed by atoms with Crippen LogP contribution in [-0.2, 0) is 0 Å². The lowest BCUT2D eigenvalue weighted by atomic mass is 10.1. The summed E-state index contributed by atoms with van der Waals surface area (Å²) in [7, 11) is 0. The Kier molecular flexibility index (Phi) is 8.91. The summed E-state index contributed by atoms with van der Waals surface area (Å²) < 4.78 is 11.2. The third kappa shape index (κ3) is 7.19. The number of hydrogen-bond donors (Lipinski definition) is 2. The minimum absolute atomic E-state index is 0.317. The van der Waals surface area contributed by atoms with Gasteiger partial charge in [0.15, 0.2) is 16.6 Å². The molecule has 37 heavy (non-hydrogen) atoms. The van der Waals surface area contributed by atoms with Gasteiger partial charge in [-0.25, -0.2) is 10.4 Å². The number of hydrogen-bond acceptors (Lipinski definition) is 7. The molecular formula is C28H25ClN4O3S. The van der Waals surface area contributed by atoms with E-state index in [1.165, 1.54) is 11.3 Å². The van der Waals surface area contributed by atoms with Gasteiger partial charge < -0.3 is 14.8 Å². The Balaban J connectivity index is 1.35. The number of carbonyl (C=O) groups is 1. The van der Waals surface area contributed by atoms with E-state index in [0.29, 0.717) is 35.3 Å². The molecule has 188 valence electrons. The number of anilines is 2. The number of benzene rings is 3. The van der Waals surface area contributed by atoms with Crippen molar-refractivity contribution in [2.24, 2.45) is 5.10 Å². The van der Waals surface area contributed by atoms with E-state index in [4.69, 9.17) is 21.1 Å². The third-order valence-electron chi connectivity index (χ3n) is 5.05. The van der Waals surface area contributed by atoms with Gasteiger partial charge in [-0.05, 0) is 67.1 Å². The minimum Gasteiger partial charge on any atom is -0.490 e. The maximum Gasteiger partial charge on any atom is 0.271 e. The highest BCUT2D eigenvalue weighted by atomic mass is 35.5. The van der Waals surface area contributed by atoms with Crippen LogP contribution in [0.15, 0.2) is 89.9 Å². The Morgan fingerprint density at radius 2 is 1.86 bits per heavy atom. The molecule has 0 radical (unpaired) electrons. The van der Waals surface area contributed by atoms with Gasteiger partial charge in [0.25, 0.3) is 5.91 Å². The SMILES string of the molecule is C=CCOc1ccc(C=NNC(=O)c2ccc(-c3csc(Nc4ccc(Cl)cc4)n3)cc2)cc1OCC. The molecule has 7 nitrogen and oxygen atoms in total. The predicted molar refractivity (Wildman–Crippen MR) is 151 cm³/mol. The average molecular weight is 533 g/mol. The number of rotatable bonds is 11. The molecule has 2 N–H and O–H groups in total. The van der Waals surface area contributed by atoms with Crippen molar-refractivity contribution in [1.29, 1.82) is 0 Å². The first-order valence-corrected chi connectivity index (χ1v) is 12.7. The lowest BCUT2D eigenvalue weighted by Crippen LogP contribution is -2.17. The van der Waals surface area contributed by atoms with Crippen LogP contribution < -0.4 is 20.2 Å². The topological polar surface area (TPSA) is 84.8 Å². The van der Waals surface area contributed by atoms with Crippen LogP contribution in [0.5, 0.6) is 11.5 Å². The first-order chi connectivity index (χ1) is 18.1. The van der Waals surface area contributed by atoms with Crippen LogP contribution in [0.3, 0.4) is 0 Å². The van der Waals surface area contributed by atoms with E-state index < -0.39 is 0 Å². The molecule has 4 aromatic rings. The van der Waals surface area contributed by atoms with Gasteiger partial charge in [-0.15, -0.1) is 11.3 Å². The Morgan fingerprint density at radius 3 is 2.59 bits per heavy atom. The quantitative estimate of drug-likeness (QED) is 0.124. The normalized spacial score (nSPS) is 10.8. The first-order valence-electron chi connectivity index (χ1n) is 11.5. The molecule has 0 aliphatic rings. The summed E-state index contributed by atoms with van der Waals surface area (Å²) in [5, 5.41) is 10.7. The van der Waals surface area contributed by atoms with E-state index in [2.05, 4.69) is 27.4 Å². The summed E-state index contributed by atoms with van der Waals surface area (Å²) in [6, 6.07) is 20.1. The number of aromatic nitrogens is 1. The fourth-order valence-corrected chi connectivity index (χ4v) is 4.15. The summed E-state index contributed by atoms with van der Waals surface area (Å²) in [6.07, 6.45) is 3.22.